The minimum Gasteiger partial charge on any atom is -0.497 e. The number of carbonyl (C=O) groups excluding carboxylic acids is 1. The van der Waals surface area contributed by atoms with E-state index in [1.54, 1.807) is 25.3 Å². The number of amides is 2. The van der Waals surface area contributed by atoms with Crippen LogP contribution in [-0.4, -0.2) is 30.9 Å². The maximum atomic E-state index is 12.8. The molecule has 1 aliphatic carbocycles. The van der Waals surface area contributed by atoms with Crippen LogP contribution in [0.15, 0.2) is 76.5 Å². The first-order valence-corrected chi connectivity index (χ1v) is 11.7. The molecule has 0 spiro atoms. The first-order valence-electron chi connectivity index (χ1n) is 11.7. The lowest BCUT2D eigenvalue weighted by Gasteiger charge is -2.13. The van der Waals surface area contributed by atoms with E-state index in [9.17, 15) is 9.59 Å². The number of nitrogens with one attached hydrogen (secondary N) is 3. The standard InChI is InChI=1S/C28H26N4O4/c1-35-19-13-14-25(36-2)24(16-19)32-28(34)29-18-12-11-17-7-6-10-22(30-23(17)15-18)26-20-8-4-3-5-9-21(20)31-27(26)33/h3-5,8-9,11-16H,6-7,10H2,1-2H3,(H,31,33)(H2,29,32,34). The van der Waals surface area contributed by atoms with Gasteiger partial charge in [-0.2, -0.15) is 0 Å². The van der Waals surface area contributed by atoms with E-state index in [-0.39, 0.29) is 5.56 Å². The number of carbonyl (C=O) groups is 1. The van der Waals surface area contributed by atoms with Crippen molar-refractivity contribution in [3.8, 4) is 22.8 Å². The van der Waals surface area contributed by atoms with Gasteiger partial charge in [0, 0.05) is 23.0 Å². The van der Waals surface area contributed by atoms with E-state index in [4.69, 9.17) is 14.5 Å². The number of aromatic nitrogens is 1. The van der Waals surface area contributed by atoms with E-state index >= 15 is 0 Å². The molecule has 0 atom stereocenters. The summed E-state index contributed by atoms with van der Waals surface area (Å²) in [6.07, 6.45) is 2.40. The Labute approximate surface area is 208 Å². The number of urea groups is 1. The molecule has 36 heavy (non-hydrogen) atoms. The smallest absolute Gasteiger partial charge is 0.323 e. The van der Waals surface area contributed by atoms with Gasteiger partial charge in [0.15, 0.2) is 0 Å². The molecule has 0 fully saturated rings. The van der Waals surface area contributed by atoms with E-state index < -0.39 is 6.03 Å². The molecule has 2 aliphatic heterocycles. The highest BCUT2D eigenvalue weighted by atomic mass is 16.5. The highest BCUT2D eigenvalue weighted by Crippen LogP contribution is 2.32. The van der Waals surface area contributed by atoms with Crippen LogP contribution in [0.2, 0.25) is 0 Å². The van der Waals surface area contributed by atoms with Crippen LogP contribution in [0.1, 0.15) is 24.0 Å². The van der Waals surface area contributed by atoms with Gasteiger partial charge in [-0.1, -0.05) is 30.3 Å². The molecule has 8 nitrogen and oxygen atoms in total. The molecule has 8 heteroatoms. The third-order valence-electron chi connectivity index (χ3n) is 6.18. The first kappa shape index (κ1) is 23.2. The van der Waals surface area contributed by atoms with Crippen LogP contribution in [0.4, 0.5) is 21.9 Å². The Morgan fingerprint density at radius 1 is 0.944 bits per heavy atom. The fourth-order valence-electron chi connectivity index (χ4n) is 4.45. The summed E-state index contributed by atoms with van der Waals surface area (Å²) in [5.74, 6) is 1.12. The lowest BCUT2D eigenvalue weighted by Crippen LogP contribution is -2.19. The van der Waals surface area contributed by atoms with Gasteiger partial charge in [0.2, 0.25) is 0 Å². The summed E-state index contributed by atoms with van der Waals surface area (Å²) in [6, 6.07) is 20.0. The molecular formula is C28H26N4O4. The molecule has 5 rings (SSSR count). The SMILES string of the molecule is COc1ccc(OC)c(NC(=O)Nc2ccc3c(c2)N=C(c2c4cccccc-4[nH]c2=O)CCC3)c1. The van der Waals surface area contributed by atoms with Crippen LogP contribution < -0.4 is 25.7 Å². The number of aromatic amines is 1. The number of nitrogens with zero attached hydrogens (tertiary/aromatic N) is 1. The van der Waals surface area contributed by atoms with Crippen molar-refractivity contribution in [1.29, 1.82) is 0 Å². The van der Waals surface area contributed by atoms with Crippen molar-refractivity contribution in [3.05, 3.63) is 88.2 Å². The molecule has 0 radical (unpaired) electrons. The summed E-state index contributed by atoms with van der Waals surface area (Å²) in [5.41, 5.74) is 5.75. The highest BCUT2D eigenvalue weighted by molar-refractivity contribution is 6.08. The third kappa shape index (κ3) is 4.65. The van der Waals surface area contributed by atoms with Crippen LogP contribution in [0.25, 0.3) is 11.3 Å². The Bertz CT molecular complexity index is 1490. The van der Waals surface area contributed by atoms with Gasteiger partial charge in [0.05, 0.1) is 36.9 Å². The summed E-state index contributed by atoms with van der Waals surface area (Å²) in [5, 5.41) is 5.66. The number of H-pyrrole nitrogens is 1. The minimum absolute atomic E-state index is 0.140. The number of aliphatic imine (C=N–C) groups is 1. The zero-order valence-corrected chi connectivity index (χ0v) is 20.1. The molecule has 0 unspecified atom stereocenters. The Balaban J connectivity index is 1.43. The van der Waals surface area contributed by atoms with Crippen LogP contribution in [0.5, 0.6) is 11.5 Å². The molecule has 2 aromatic rings. The number of anilines is 2. The third-order valence-corrected chi connectivity index (χ3v) is 6.18. The van der Waals surface area contributed by atoms with Gasteiger partial charge in [-0.3, -0.25) is 9.79 Å². The van der Waals surface area contributed by atoms with Crippen LogP contribution in [0, 0.1) is 0 Å². The molecule has 3 N–H and O–H groups in total. The normalized spacial score (nSPS) is 12.8. The lowest BCUT2D eigenvalue weighted by molar-refractivity contribution is 0.262. The highest BCUT2D eigenvalue weighted by Gasteiger charge is 2.21. The van der Waals surface area contributed by atoms with Crippen molar-refractivity contribution >= 4 is 28.8 Å². The Kier molecular flexibility index (Phi) is 6.40. The van der Waals surface area contributed by atoms with Crippen molar-refractivity contribution in [2.24, 2.45) is 4.99 Å². The molecule has 3 aliphatic rings. The number of hydrogen-bond acceptors (Lipinski definition) is 5. The second kappa shape index (κ2) is 9.95. The number of ether oxygens (including phenoxy) is 2. The predicted molar refractivity (Wildman–Crippen MR) is 141 cm³/mol. The zero-order chi connectivity index (χ0) is 25.1. The van der Waals surface area contributed by atoms with Crippen molar-refractivity contribution in [2.75, 3.05) is 24.9 Å². The quantitative estimate of drug-likeness (QED) is 0.344. The van der Waals surface area contributed by atoms with Crippen molar-refractivity contribution in [3.63, 3.8) is 0 Å². The number of rotatable bonds is 5. The van der Waals surface area contributed by atoms with E-state index in [1.807, 2.05) is 48.5 Å². The lowest BCUT2D eigenvalue weighted by atomic mass is 10.0. The summed E-state index contributed by atoms with van der Waals surface area (Å²) >= 11 is 0. The summed E-state index contributed by atoms with van der Waals surface area (Å²) < 4.78 is 10.6. The predicted octanol–water partition coefficient (Wildman–Crippen LogP) is 5.60. The molecule has 2 amide bonds. The summed E-state index contributed by atoms with van der Waals surface area (Å²) in [4.78, 5) is 33.4. The van der Waals surface area contributed by atoms with E-state index in [2.05, 4.69) is 15.6 Å². The van der Waals surface area contributed by atoms with Crippen molar-refractivity contribution in [1.82, 2.24) is 4.98 Å². The summed E-state index contributed by atoms with van der Waals surface area (Å²) in [7, 11) is 3.09. The second-order valence-electron chi connectivity index (χ2n) is 8.47. The second-order valence-corrected chi connectivity index (χ2v) is 8.47. The molecule has 2 heterocycles. The molecule has 2 aromatic carbocycles. The molecule has 0 aromatic heterocycles. The topological polar surface area (TPSA) is 105 Å². The van der Waals surface area contributed by atoms with Gasteiger partial charge >= 0.3 is 6.03 Å². The average molecular weight is 483 g/mol. The fourth-order valence-corrected chi connectivity index (χ4v) is 4.45. The first-order chi connectivity index (χ1) is 17.6. The largest absolute Gasteiger partial charge is 0.497 e. The average Bonchev–Trinajstić information content (AvgIpc) is 3.04. The van der Waals surface area contributed by atoms with Gasteiger partial charge in [-0.25, -0.2) is 4.79 Å². The Hall–Kier alpha value is -4.59. The number of aryl methyl sites for hydroxylation is 1. The number of methoxy groups -OCH3 is 2. The maximum Gasteiger partial charge on any atom is 0.323 e. The van der Waals surface area contributed by atoms with Crippen LogP contribution >= 0.6 is 0 Å². The molecule has 0 saturated carbocycles. The Morgan fingerprint density at radius 3 is 2.64 bits per heavy atom. The van der Waals surface area contributed by atoms with E-state index in [1.165, 1.54) is 7.11 Å². The van der Waals surface area contributed by atoms with E-state index in [0.717, 1.165) is 41.1 Å². The molecular weight excluding hydrogens is 456 g/mol. The number of hydrogen-bond donors (Lipinski definition) is 3. The van der Waals surface area contributed by atoms with Crippen LogP contribution in [-0.2, 0) is 6.42 Å². The van der Waals surface area contributed by atoms with E-state index in [0.29, 0.717) is 34.9 Å². The summed E-state index contributed by atoms with van der Waals surface area (Å²) in [6.45, 7) is 0. The molecule has 0 bridgehead atoms. The molecule has 182 valence electrons. The van der Waals surface area contributed by atoms with Crippen molar-refractivity contribution in [2.45, 2.75) is 19.3 Å². The fraction of sp³-hybridized carbons (Fsp3) is 0.179. The monoisotopic (exact) mass is 482 g/mol. The number of benzene rings is 2. The van der Waals surface area contributed by atoms with Crippen LogP contribution in [0.3, 0.4) is 0 Å². The van der Waals surface area contributed by atoms with Gasteiger partial charge in [-0.15, -0.1) is 0 Å². The van der Waals surface area contributed by atoms with Gasteiger partial charge in [0.25, 0.3) is 5.56 Å². The van der Waals surface area contributed by atoms with Gasteiger partial charge in [-0.05, 0) is 55.2 Å². The van der Waals surface area contributed by atoms with Gasteiger partial charge < -0.3 is 25.1 Å². The minimum atomic E-state index is -0.426. The zero-order valence-electron chi connectivity index (χ0n) is 20.1. The van der Waals surface area contributed by atoms with Crippen molar-refractivity contribution < 1.29 is 14.3 Å². The Morgan fingerprint density at radius 2 is 1.81 bits per heavy atom. The molecule has 0 saturated heterocycles. The number of fused-ring (bicyclic) bond motifs is 2. The maximum absolute atomic E-state index is 12.8. The van der Waals surface area contributed by atoms with Gasteiger partial charge in [0.1, 0.15) is 11.5 Å².